The largest absolute Gasteiger partial charge is 0.493 e. The SMILES string of the molecule is Cc1ccc(S(=O)(=O)O)c(CCOc2ccc3c(c2)C(=O)N(C2CCC(=O)NC2=O)C3=O)c1. The standard InChI is InChI=1S/C22H20N2O8S/c1-12-2-6-18(33(29,30)31)13(10-12)8-9-32-14-3-4-15-16(11-14)22(28)24(21(15)27)17-5-7-19(25)23-20(17)26/h2-4,6,10-11,17H,5,7-9H2,1H3,(H,23,25,26)(H,29,30,31). The fourth-order valence-electron chi connectivity index (χ4n) is 3.97. The summed E-state index contributed by atoms with van der Waals surface area (Å²) in [5.41, 5.74) is 1.40. The molecule has 1 fully saturated rings. The van der Waals surface area contributed by atoms with Crippen LogP contribution in [0.4, 0.5) is 0 Å². The van der Waals surface area contributed by atoms with Crippen LogP contribution in [0.15, 0.2) is 41.3 Å². The molecule has 33 heavy (non-hydrogen) atoms. The topological polar surface area (TPSA) is 147 Å². The molecule has 10 nitrogen and oxygen atoms in total. The lowest BCUT2D eigenvalue weighted by molar-refractivity contribution is -0.136. The van der Waals surface area contributed by atoms with Gasteiger partial charge in [-0.05, 0) is 43.2 Å². The van der Waals surface area contributed by atoms with Crippen LogP contribution in [-0.2, 0) is 26.1 Å². The summed E-state index contributed by atoms with van der Waals surface area (Å²) in [5, 5.41) is 2.14. The van der Waals surface area contributed by atoms with Crippen LogP contribution in [0.3, 0.4) is 0 Å². The van der Waals surface area contributed by atoms with E-state index in [1.807, 2.05) is 0 Å². The summed E-state index contributed by atoms with van der Waals surface area (Å²) < 4.78 is 38.3. The second-order valence-electron chi connectivity index (χ2n) is 7.84. The maximum atomic E-state index is 12.9. The van der Waals surface area contributed by atoms with E-state index >= 15 is 0 Å². The van der Waals surface area contributed by atoms with Crippen molar-refractivity contribution in [1.29, 1.82) is 0 Å². The lowest BCUT2D eigenvalue weighted by Gasteiger charge is -2.27. The maximum Gasteiger partial charge on any atom is 0.294 e. The van der Waals surface area contributed by atoms with Crippen molar-refractivity contribution in [3.05, 3.63) is 58.7 Å². The molecular weight excluding hydrogens is 452 g/mol. The Labute approximate surface area is 189 Å². The zero-order chi connectivity index (χ0) is 23.9. The molecule has 1 saturated heterocycles. The molecule has 11 heteroatoms. The van der Waals surface area contributed by atoms with Crippen LogP contribution >= 0.6 is 0 Å². The van der Waals surface area contributed by atoms with Gasteiger partial charge in [-0.15, -0.1) is 0 Å². The Morgan fingerprint density at radius 1 is 1.06 bits per heavy atom. The predicted octanol–water partition coefficient (Wildman–Crippen LogP) is 1.26. The van der Waals surface area contributed by atoms with Gasteiger partial charge in [-0.25, -0.2) is 0 Å². The molecule has 1 atom stereocenters. The summed E-state index contributed by atoms with van der Waals surface area (Å²) in [6.07, 6.45) is 0.262. The maximum absolute atomic E-state index is 12.9. The van der Waals surface area contributed by atoms with Gasteiger partial charge in [-0.1, -0.05) is 17.7 Å². The highest BCUT2D eigenvalue weighted by Crippen LogP contribution is 2.30. The van der Waals surface area contributed by atoms with Gasteiger partial charge in [-0.3, -0.25) is 33.9 Å². The van der Waals surface area contributed by atoms with E-state index < -0.39 is 39.8 Å². The van der Waals surface area contributed by atoms with Crippen molar-refractivity contribution < 1.29 is 36.9 Å². The number of piperidine rings is 1. The van der Waals surface area contributed by atoms with Crippen LogP contribution in [0.1, 0.15) is 44.7 Å². The van der Waals surface area contributed by atoms with E-state index in [4.69, 9.17) is 4.74 Å². The minimum atomic E-state index is -4.39. The van der Waals surface area contributed by atoms with E-state index in [1.54, 1.807) is 19.1 Å². The Hall–Kier alpha value is -3.57. The Morgan fingerprint density at radius 2 is 1.79 bits per heavy atom. The molecule has 2 aromatic carbocycles. The number of amides is 4. The van der Waals surface area contributed by atoms with Crippen molar-refractivity contribution in [3.63, 3.8) is 0 Å². The Morgan fingerprint density at radius 3 is 2.48 bits per heavy atom. The number of imide groups is 2. The first kappa shape index (κ1) is 22.6. The molecule has 2 aliphatic rings. The van der Waals surface area contributed by atoms with E-state index in [-0.39, 0.29) is 47.6 Å². The van der Waals surface area contributed by atoms with Crippen LogP contribution in [0.5, 0.6) is 5.75 Å². The van der Waals surface area contributed by atoms with Gasteiger partial charge in [0, 0.05) is 12.8 Å². The second kappa shape index (κ2) is 8.41. The highest BCUT2D eigenvalue weighted by molar-refractivity contribution is 7.85. The fraction of sp³-hybridized carbons (Fsp3) is 0.273. The van der Waals surface area contributed by atoms with Gasteiger partial charge in [0.2, 0.25) is 11.8 Å². The first-order valence-corrected chi connectivity index (χ1v) is 11.6. The summed E-state index contributed by atoms with van der Waals surface area (Å²) in [6, 6.07) is 7.79. The average Bonchev–Trinajstić information content (AvgIpc) is 2.97. The lowest BCUT2D eigenvalue weighted by atomic mass is 10.0. The lowest BCUT2D eigenvalue weighted by Crippen LogP contribution is -2.54. The monoisotopic (exact) mass is 472 g/mol. The predicted molar refractivity (Wildman–Crippen MR) is 113 cm³/mol. The van der Waals surface area contributed by atoms with Crippen molar-refractivity contribution in [2.75, 3.05) is 6.61 Å². The summed E-state index contributed by atoms with van der Waals surface area (Å²) in [4.78, 5) is 49.8. The van der Waals surface area contributed by atoms with Crippen LogP contribution in [0, 0.1) is 6.92 Å². The Balaban J connectivity index is 1.49. The highest BCUT2D eigenvalue weighted by atomic mass is 32.2. The third-order valence-corrected chi connectivity index (χ3v) is 6.50. The van der Waals surface area contributed by atoms with Crippen molar-refractivity contribution >= 4 is 33.7 Å². The van der Waals surface area contributed by atoms with Crippen molar-refractivity contribution in [3.8, 4) is 5.75 Å². The number of benzene rings is 2. The number of carbonyl (C=O) groups is 4. The molecule has 0 radical (unpaired) electrons. The van der Waals surface area contributed by atoms with Crippen molar-refractivity contribution in [2.45, 2.75) is 37.1 Å². The van der Waals surface area contributed by atoms with Crippen molar-refractivity contribution in [1.82, 2.24) is 10.2 Å². The van der Waals surface area contributed by atoms with Gasteiger partial charge >= 0.3 is 0 Å². The first-order valence-electron chi connectivity index (χ1n) is 10.1. The number of hydrogen-bond donors (Lipinski definition) is 2. The van der Waals surface area contributed by atoms with E-state index in [0.29, 0.717) is 5.56 Å². The Kier molecular flexibility index (Phi) is 5.76. The summed E-state index contributed by atoms with van der Waals surface area (Å²) in [7, 11) is -4.39. The Bertz CT molecular complexity index is 1300. The molecule has 4 rings (SSSR count). The van der Waals surface area contributed by atoms with Crippen LogP contribution in [0.25, 0.3) is 0 Å². The van der Waals surface area contributed by atoms with Gasteiger partial charge in [0.15, 0.2) is 0 Å². The van der Waals surface area contributed by atoms with Crippen LogP contribution < -0.4 is 10.1 Å². The smallest absolute Gasteiger partial charge is 0.294 e. The normalized spacial score (nSPS) is 18.4. The van der Waals surface area contributed by atoms with Gasteiger partial charge in [-0.2, -0.15) is 8.42 Å². The minimum absolute atomic E-state index is 0.0304. The number of nitrogens with zero attached hydrogens (tertiary/aromatic N) is 1. The van der Waals surface area contributed by atoms with E-state index in [0.717, 1.165) is 10.5 Å². The number of carbonyl (C=O) groups excluding carboxylic acids is 4. The minimum Gasteiger partial charge on any atom is -0.493 e. The van der Waals surface area contributed by atoms with Gasteiger partial charge in [0.1, 0.15) is 11.8 Å². The zero-order valence-electron chi connectivity index (χ0n) is 17.5. The van der Waals surface area contributed by atoms with Gasteiger partial charge in [0.05, 0.1) is 22.6 Å². The molecule has 2 aliphatic heterocycles. The number of fused-ring (bicyclic) bond motifs is 1. The molecular formula is C22H20N2O8S. The molecule has 172 valence electrons. The molecule has 0 aliphatic carbocycles. The summed E-state index contributed by atoms with van der Waals surface area (Å²) in [6.45, 7) is 1.83. The second-order valence-corrected chi connectivity index (χ2v) is 9.23. The quantitative estimate of drug-likeness (QED) is 0.472. The highest BCUT2D eigenvalue weighted by Gasteiger charge is 2.44. The summed E-state index contributed by atoms with van der Waals surface area (Å²) >= 11 is 0. The van der Waals surface area contributed by atoms with E-state index in [1.165, 1.54) is 24.3 Å². The molecule has 2 N–H and O–H groups in total. The molecule has 4 amide bonds. The van der Waals surface area contributed by atoms with Gasteiger partial charge < -0.3 is 4.74 Å². The molecule has 0 saturated carbocycles. The molecule has 2 aromatic rings. The number of rotatable bonds is 6. The molecule has 0 aromatic heterocycles. The number of aryl methyl sites for hydroxylation is 1. The van der Waals surface area contributed by atoms with Crippen molar-refractivity contribution in [2.24, 2.45) is 0 Å². The van der Waals surface area contributed by atoms with E-state index in [9.17, 15) is 32.1 Å². The number of hydrogen-bond acceptors (Lipinski definition) is 7. The molecule has 2 heterocycles. The average molecular weight is 472 g/mol. The van der Waals surface area contributed by atoms with Crippen LogP contribution in [-0.4, -0.2) is 54.1 Å². The fourth-order valence-corrected chi connectivity index (χ4v) is 4.71. The first-order chi connectivity index (χ1) is 15.6. The third-order valence-electron chi connectivity index (χ3n) is 5.55. The summed E-state index contributed by atoms with van der Waals surface area (Å²) in [5.74, 6) is -2.13. The zero-order valence-corrected chi connectivity index (χ0v) is 18.3. The van der Waals surface area contributed by atoms with Gasteiger partial charge in [0.25, 0.3) is 21.9 Å². The number of nitrogens with one attached hydrogen (secondary N) is 1. The van der Waals surface area contributed by atoms with E-state index in [2.05, 4.69) is 5.32 Å². The number of ether oxygens (including phenoxy) is 1. The van der Waals surface area contributed by atoms with Crippen LogP contribution in [0.2, 0.25) is 0 Å². The third kappa shape index (κ3) is 4.37. The molecule has 0 bridgehead atoms. The molecule has 1 unspecified atom stereocenters. The molecule has 0 spiro atoms.